The van der Waals surface area contributed by atoms with Crippen LogP contribution in [0, 0.1) is 0 Å². The van der Waals surface area contributed by atoms with Crippen molar-refractivity contribution >= 4 is 24.0 Å². The molecule has 0 radical (unpaired) electrons. The summed E-state index contributed by atoms with van der Waals surface area (Å²) in [6, 6.07) is 0. The minimum atomic E-state index is -0.225. The van der Waals surface area contributed by atoms with Crippen molar-refractivity contribution in [3.8, 4) is 0 Å². The first-order valence-electron chi connectivity index (χ1n) is 5.56. The van der Waals surface area contributed by atoms with E-state index in [1.165, 1.54) is 0 Å². The highest BCUT2D eigenvalue weighted by atomic mass is 32.2. The third-order valence-electron chi connectivity index (χ3n) is 2.35. The average molecular weight is 245 g/mol. The summed E-state index contributed by atoms with van der Waals surface area (Å²) in [5, 5.41) is 0.139. The van der Waals surface area contributed by atoms with Crippen molar-refractivity contribution in [2.45, 2.75) is 57.1 Å². The Balaban J connectivity index is 4.36. The van der Waals surface area contributed by atoms with Crippen LogP contribution in [0.3, 0.4) is 0 Å². The van der Waals surface area contributed by atoms with Gasteiger partial charge in [0.2, 0.25) is 5.91 Å². The lowest BCUT2D eigenvalue weighted by molar-refractivity contribution is -0.134. The van der Waals surface area contributed by atoms with Crippen LogP contribution in [0.5, 0.6) is 0 Å². The third-order valence-corrected chi connectivity index (χ3v) is 3.53. The van der Waals surface area contributed by atoms with Crippen LogP contribution in [0.2, 0.25) is 0 Å². The van der Waals surface area contributed by atoms with Crippen LogP contribution in [-0.4, -0.2) is 40.2 Å². The maximum atomic E-state index is 11.9. The monoisotopic (exact) mass is 245 g/mol. The normalized spacial score (nSPS) is 13.7. The van der Waals surface area contributed by atoms with E-state index in [2.05, 4.69) is 0 Å². The van der Waals surface area contributed by atoms with E-state index in [4.69, 9.17) is 0 Å². The first-order valence-corrected chi connectivity index (χ1v) is 6.50. The molecule has 0 aromatic heterocycles. The quantitative estimate of drug-likeness (QED) is 0.698. The minimum Gasteiger partial charge on any atom is -0.341 e. The largest absolute Gasteiger partial charge is 0.341 e. The van der Waals surface area contributed by atoms with Crippen molar-refractivity contribution in [2.24, 2.45) is 0 Å². The summed E-state index contributed by atoms with van der Waals surface area (Å²) in [5.41, 5.74) is -0.187. The Hall–Kier alpha value is -0.510. The molecule has 0 aliphatic heterocycles. The van der Waals surface area contributed by atoms with E-state index in [1.807, 2.05) is 34.6 Å². The molecule has 0 aromatic rings. The molecular weight excluding hydrogens is 222 g/mol. The smallest absolute Gasteiger partial charge is 0.224 e. The molecule has 3 nitrogen and oxygen atoms in total. The molecule has 1 amide bonds. The summed E-state index contributed by atoms with van der Waals surface area (Å²) in [6.45, 7) is 10.0. The van der Waals surface area contributed by atoms with E-state index in [0.717, 1.165) is 6.29 Å². The number of carbonyl (C=O) groups is 2. The molecular formula is C12H23NO2S. The van der Waals surface area contributed by atoms with Gasteiger partial charge >= 0.3 is 0 Å². The summed E-state index contributed by atoms with van der Waals surface area (Å²) in [6.07, 6.45) is 1.17. The van der Waals surface area contributed by atoms with Gasteiger partial charge < -0.3 is 9.69 Å². The van der Waals surface area contributed by atoms with Gasteiger partial charge in [-0.25, -0.2) is 0 Å². The van der Waals surface area contributed by atoms with E-state index in [9.17, 15) is 9.59 Å². The van der Waals surface area contributed by atoms with Crippen LogP contribution in [0.25, 0.3) is 0 Å². The Kier molecular flexibility index (Phi) is 6.08. The number of hydrogen-bond acceptors (Lipinski definition) is 3. The predicted molar refractivity (Wildman–Crippen MR) is 69.7 cm³/mol. The average Bonchev–Trinajstić information content (AvgIpc) is 2.13. The van der Waals surface area contributed by atoms with Crippen molar-refractivity contribution in [1.29, 1.82) is 0 Å². The molecule has 16 heavy (non-hydrogen) atoms. The molecule has 0 rings (SSSR count). The second-order valence-electron chi connectivity index (χ2n) is 5.19. The Labute approximate surface area is 103 Å². The van der Waals surface area contributed by atoms with Gasteiger partial charge in [-0.3, -0.25) is 4.79 Å². The van der Waals surface area contributed by atoms with Crippen molar-refractivity contribution < 1.29 is 9.59 Å². The standard InChI is InChI=1S/C12H23NO2S/c1-9(2)16-10(8-14)7-11(15)13(6)12(3,4)5/h8-10H,7H2,1-6H3. The predicted octanol–water partition coefficient (Wildman–Crippen LogP) is 2.34. The van der Waals surface area contributed by atoms with Gasteiger partial charge in [-0.2, -0.15) is 0 Å². The van der Waals surface area contributed by atoms with Crippen molar-refractivity contribution in [1.82, 2.24) is 4.90 Å². The molecule has 0 aromatic carbocycles. The molecule has 0 aliphatic carbocycles. The molecule has 1 atom stereocenters. The SMILES string of the molecule is CC(C)SC(C=O)CC(=O)N(C)C(C)(C)C. The van der Waals surface area contributed by atoms with Crippen LogP contribution < -0.4 is 0 Å². The Bertz CT molecular complexity index is 246. The summed E-state index contributed by atoms with van der Waals surface area (Å²) in [5.74, 6) is 0.0257. The van der Waals surface area contributed by atoms with Crippen LogP contribution in [-0.2, 0) is 9.59 Å². The fourth-order valence-electron chi connectivity index (χ4n) is 1.16. The van der Waals surface area contributed by atoms with Gasteiger partial charge in [-0.05, 0) is 26.0 Å². The van der Waals surface area contributed by atoms with E-state index in [1.54, 1.807) is 23.7 Å². The topological polar surface area (TPSA) is 37.4 Å². The van der Waals surface area contributed by atoms with Gasteiger partial charge in [0.1, 0.15) is 6.29 Å². The van der Waals surface area contributed by atoms with Crippen molar-refractivity contribution in [3.05, 3.63) is 0 Å². The third kappa shape index (κ3) is 5.54. The Morgan fingerprint density at radius 3 is 2.19 bits per heavy atom. The highest BCUT2D eigenvalue weighted by molar-refractivity contribution is 8.01. The number of rotatable bonds is 5. The molecule has 0 N–H and O–H groups in total. The highest BCUT2D eigenvalue weighted by Gasteiger charge is 2.25. The second-order valence-corrected chi connectivity index (χ2v) is 7.01. The molecule has 94 valence electrons. The number of hydrogen-bond donors (Lipinski definition) is 0. The lowest BCUT2D eigenvalue weighted by Crippen LogP contribution is -2.43. The Morgan fingerprint density at radius 1 is 1.38 bits per heavy atom. The zero-order chi connectivity index (χ0) is 12.9. The molecule has 0 bridgehead atoms. The summed E-state index contributed by atoms with van der Waals surface area (Å²) in [4.78, 5) is 24.4. The van der Waals surface area contributed by atoms with Gasteiger partial charge in [-0.15, -0.1) is 11.8 Å². The molecule has 0 heterocycles. The zero-order valence-corrected chi connectivity index (χ0v) is 11.9. The zero-order valence-electron chi connectivity index (χ0n) is 11.1. The molecule has 0 aliphatic rings. The first-order chi connectivity index (χ1) is 7.18. The summed E-state index contributed by atoms with van der Waals surface area (Å²) in [7, 11) is 1.78. The van der Waals surface area contributed by atoms with Crippen LogP contribution >= 0.6 is 11.8 Å². The van der Waals surface area contributed by atoms with Crippen LogP contribution in [0.1, 0.15) is 41.0 Å². The van der Waals surface area contributed by atoms with Gasteiger partial charge in [0.05, 0.1) is 5.25 Å². The maximum Gasteiger partial charge on any atom is 0.224 e. The van der Waals surface area contributed by atoms with E-state index >= 15 is 0 Å². The van der Waals surface area contributed by atoms with Gasteiger partial charge in [-0.1, -0.05) is 13.8 Å². The van der Waals surface area contributed by atoms with Gasteiger partial charge in [0.25, 0.3) is 0 Å². The number of nitrogens with zero attached hydrogens (tertiary/aromatic N) is 1. The van der Waals surface area contributed by atoms with Crippen molar-refractivity contribution in [3.63, 3.8) is 0 Å². The first kappa shape index (κ1) is 15.5. The van der Waals surface area contributed by atoms with Crippen LogP contribution in [0.4, 0.5) is 0 Å². The van der Waals surface area contributed by atoms with E-state index in [-0.39, 0.29) is 16.7 Å². The number of aldehydes is 1. The van der Waals surface area contributed by atoms with Crippen LogP contribution in [0.15, 0.2) is 0 Å². The second kappa shape index (κ2) is 6.28. The Morgan fingerprint density at radius 2 is 1.88 bits per heavy atom. The maximum absolute atomic E-state index is 11.9. The fraction of sp³-hybridized carbons (Fsp3) is 0.833. The van der Waals surface area contributed by atoms with Crippen molar-refractivity contribution in [2.75, 3.05) is 7.05 Å². The van der Waals surface area contributed by atoms with E-state index < -0.39 is 0 Å². The van der Waals surface area contributed by atoms with E-state index in [0.29, 0.717) is 11.7 Å². The summed E-state index contributed by atoms with van der Waals surface area (Å²) >= 11 is 1.54. The van der Waals surface area contributed by atoms with Gasteiger partial charge in [0.15, 0.2) is 0 Å². The fourth-order valence-corrected chi connectivity index (χ4v) is 2.16. The lowest BCUT2D eigenvalue weighted by atomic mass is 10.1. The molecule has 0 saturated heterocycles. The summed E-state index contributed by atoms with van der Waals surface area (Å²) < 4.78 is 0. The highest BCUT2D eigenvalue weighted by Crippen LogP contribution is 2.21. The molecule has 0 spiro atoms. The number of thioether (sulfide) groups is 1. The number of amides is 1. The molecule has 1 unspecified atom stereocenters. The molecule has 0 saturated carbocycles. The minimum absolute atomic E-state index is 0.0257. The lowest BCUT2D eigenvalue weighted by Gasteiger charge is -2.32. The number of carbonyl (C=O) groups excluding carboxylic acids is 2. The van der Waals surface area contributed by atoms with Gasteiger partial charge in [0, 0.05) is 19.0 Å². The molecule has 0 fully saturated rings. The molecule has 4 heteroatoms.